The number of hydrogen-bond donors (Lipinski definition) is 1. The second kappa shape index (κ2) is 1.95. The molecule has 0 spiro atoms. The topological polar surface area (TPSA) is 40.5 Å². The van der Waals surface area contributed by atoms with E-state index in [2.05, 4.69) is 0 Å². The lowest BCUT2D eigenvalue weighted by atomic mass is 9.85. The van der Waals surface area contributed by atoms with Crippen LogP contribution < -0.4 is 0 Å². The highest BCUT2D eigenvalue weighted by Crippen LogP contribution is 2.27. The number of nitrogens with zero attached hydrogens (tertiary/aromatic N) is 1. The lowest BCUT2D eigenvalue weighted by Crippen LogP contribution is -2.54. The zero-order valence-electron chi connectivity index (χ0n) is 5.79. The molecule has 0 aromatic rings. The predicted molar refractivity (Wildman–Crippen MR) is 35.3 cm³/mol. The molecule has 0 saturated carbocycles. The molecule has 3 nitrogen and oxygen atoms in total. The number of carbonyl (C=O) groups excluding carboxylic acids is 1. The van der Waals surface area contributed by atoms with Crippen LogP contribution in [-0.2, 0) is 4.79 Å². The van der Waals surface area contributed by atoms with E-state index in [-0.39, 0.29) is 11.8 Å². The molecule has 3 aliphatic rings. The Morgan fingerprint density at radius 3 is 2.30 bits per heavy atom. The number of rotatable bonds is 0. The molecule has 0 aromatic heterocycles. The van der Waals surface area contributed by atoms with Crippen molar-refractivity contribution in [3.05, 3.63) is 0 Å². The summed E-state index contributed by atoms with van der Waals surface area (Å²) in [6.07, 6.45) is 1.31. The van der Waals surface area contributed by atoms with Gasteiger partial charge in [-0.1, -0.05) is 0 Å². The van der Waals surface area contributed by atoms with E-state index in [9.17, 15) is 9.90 Å². The van der Waals surface area contributed by atoms with Crippen molar-refractivity contribution in [2.24, 2.45) is 5.92 Å². The summed E-state index contributed by atoms with van der Waals surface area (Å²) < 4.78 is 0. The zero-order valence-corrected chi connectivity index (χ0v) is 5.79. The van der Waals surface area contributed by atoms with E-state index in [0.717, 1.165) is 25.9 Å². The SMILES string of the molecule is O=C1C(O)C2CCN1CC2. The molecular formula is C7H11NO2. The molecule has 3 rings (SSSR count). The van der Waals surface area contributed by atoms with E-state index in [1.807, 2.05) is 0 Å². The van der Waals surface area contributed by atoms with Gasteiger partial charge in [0.1, 0.15) is 6.10 Å². The zero-order chi connectivity index (χ0) is 7.14. The molecule has 1 unspecified atom stereocenters. The number of aliphatic hydroxyl groups excluding tert-OH is 1. The first-order valence-electron chi connectivity index (χ1n) is 3.76. The second-order valence-corrected chi connectivity index (χ2v) is 3.11. The molecule has 1 amide bonds. The standard InChI is InChI=1S/C7H11NO2/c9-6-5-1-3-8(4-2-5)7(6)10/h5-6,9H,1-4H2. The summed E-state index contributed by atoms with van der Waals surface area (Å²) >= 11 is 0. The van der Waals surface area contributed by atoms with Gasteiger partial charge in [0.25, 0.3) is 5.91 Å². The number of fused-ring (bicyclic) bond motifs is 3. The minimum atomic E-state index is -0.678. The minimum absolute atomic E-state index is 0.0532. The lowest BCUT2D eigenvalue weighted by molar-refractivity contribution is -0.154. The third kappa shape index (κ3) is 0.669. The van der Waals surface area contributed by atoms with Gasteiger partial charge in [0.2, 0.25) is 0 Å². The van der Waals surface area contributed by atoms with Gasteiger partial charge in [-0.3, -0.25) is 4.79 Å². The molecule has 10 heavy (non-hydrogen) atoms. The smallest absolute Gasteiger partial charge is 0.251 e. The maximum Gasteiger partial charge on any atom is 0.251 e. The van der Waals surface area contributed by atoms with Gasteiger partial charge in [0, 0.05) is 13.1 Å². The van der Waals surface area contributed by atoms with Crippen LogP contribution in [0.15, 0.2) is 0 Å². The molecule has 3 saturated heterocycles. The maximum absolute atomic E-state index is 11.1. The van der Waals surface area contributed by atoms with Crippen LogP contribution in [0.4, 0.5) is 0 Å². The van der Waals surface area contributed by atoms with Crippen LogP contribution in [0.2, 0.25) is 0 Å². The number of piperidine rings is 3. The van der Waals surface area contributed by atoms with Gasteiger partial charge in [-0.05, 0) is 18.8 Å². The number of hydrogen-bond acceptors (Lipinski definition) is 2. The van der Waals surface area contributed by atoms with Crippen molar-refractivity contribution in [2.75, 3.05) is 13.1 Å². The molecule has 0 aliphatic carbocycles. The van der Waals surface area contributed by atoms with Crippen molar-refractivity contribution in [2.45, 2.75) is 18.9 Å². The fraction of sp³-hybridized carbons (Fsp3) is 0.857. The summed E-state index contributed by atoms with van der Waals surface area (Å²) in [7, 11) is 0. The Hall–Kier alpha value is -0.570. The van der Waals surface area contributed by atoms with Gasteiger partial charge >= 0.3 is 0 Å². The molecule has 0 radical (unpaired) electrons. The van der Waals surface area contributed by atoms with Crippen molar-refractivity contribution in [1.82, 2.24) is 4.90 Å². The van der Waals surface area contributed by atoms with E-state index in [1.54, 1.807) is 4.90 Å². The van der Waals surface area contributed by atoms with Crippen LogP contribution in [-0.4, -0.2) is 35.1 Å². The Labute approximate surface area is 59.6 Å². The van der Waals surface area contributed by atoms with Gasteiger partial charge in [-0.2, -0.15) is 0 Å². The molecule has 56 valence electrons. The molecule has 3 aliphatic heterocycles. The average Bonchev–Trinajstić information content (AvgIpc) is 2.00. The normalized spacial score (nSPS) is 38.9. The van der Waals surface area contributed by atoms with Crippen LogP contribution in [0.25, 0.3) is 0 Å². The van der Waals surface area contributed by atoms with Crippen molar-refractivity contribution < 1.29 is 9.90 Å². The highest BCUT2D eigenvalue weighted by molar-refractivity contribution is 5.82. The number of amides is 1. The first-order valence-corrected chi connectivity index (χ1v) is 3.76. The first kappa shape index (κ1) is 6.16. The third-order valence-electron chi connectivity index (χ3n) is 2.55. The van der Waals surface area contributed by atoms with Crippen LogP contribution in [0.3, 0.4) is 0 Å². The number of carbonyl (C=O) groups is 1. The van der Waals surface area contributed by atoms with Crippen LogP contribution in [0.1, 0.15) is 12.8 Å². The van der Waals surface area contributed by atoms with Gasteiger partial charge in [-0.25, -0.2) is 0 Å². The molecular weight excluding hydrogens is 130 g/mol. The molecule has 1 N–H and O–H groups in total. The fourth-order valence-electron chi connectivity index (χ4n) is 1.82. The van der Waals surface area contributed by atoms with Crippen LogP contribution >= 0.6 is 0 Å². The Kier molecular flexibility index (Phi) is 1.20. The monoisotopic (exact) mass is 141 g/mol. The summed E-state index contributed by atoms with van der Waals surface area (Å²) in [6, 6.07) is 0. The Bertz CT molecular complexity index is 157. The summed E-state index contributed by atoms with van der Waals surface area (Å²) in [5.74, 6) is 0.208. The molecule has 1 atom stereocenters. The minimum Gasteiger partial charge on any atom is -0.383 e. The van der Waals surface area contributed by atoms with E-state index in [0.29, 0.717) is 0 Å². The Morgan fingerprint density at radius 2 is 2.00 bits per heavy atom. The summed E-state index contributed by atoms with van der Waals surface area (Å²) in [4.78, 5) is 12.8. The van der Waals surface area contributed by atoms with Crippen molar-refractivity contribution in [3.63, 3.8) is 0 Å². The van der Waals surface area contributed by atoms with Crippen LogP contribution in [0.5, 0.6) is 0 Å². The Morgan fingerprint density at radius 1 is 1.40 bits per heavy atom. The summed E-state index contributed by atoms with van der Waals surface area (Å²) in [6.45, 7) is 1.72. The Balaban J connectivity index is 2.20. The van der Waals surface area contributed by atoms with E-state index in [1.165, 1.54) is 0 Å². The lowest BCUT2D eigenvalue weighted by Gasteiger charge is -2.41. The summed E-state index contributed by atoms with van der Waals surface area (Å²) in [5, 5.41) is 9.28. The third-order valence-corrected chi connectivity index (χ3v) is 2.55. The molecule has 3 fully saturated rings. The average molecular weight is 141 g/mol. The van der Waals surface area contributed by atoms with Crippen molar-refractivity contribution >= 4 is 5.91 Å². The molecule has 3 heteroatoms. The highest BCUT2D eigenvalue weighted by Gasteiger charge is 2.39. The first-order chi connectivity index (χ1) is 4.79. The second-order valence-electron chi connectivity index (χ2n) is 3.11. The fourth-order valence-corrected chi connectivity index (χ4v) is 1.82. The maximum atomic E-state index is 11.1. The van der Waals surface area contributed by atoms with Crippen molar-refractivity contribution in [1.29, 1.82) is 0 Å². The van der Waals surface area contributed by atoms with E-state index >= 15 is 0 Å². The van der Waals surface area contributed by atoms with Crippen LogP contribution in [0, 0.1) is 5.92 Å². The predicted octanol–water partition coefficient (Wildman–Crippen LogP) is -0.401. The van der Waals surface area contributed by atoms with E-state index < -0.39 is 6.10 Å². The van der Waals surface area contributed by atoms with Gasteiger partial charge in [-0.15, -0.1) is 0 Å². The van der Waals surface area contributed by atoms with Crippen molar-refractivity contribution in [3.8, 4) is 0 Å². The molecule has 0 aromatic carbocycles. The largest absolute Gasteiger partial charge is 0.383 e. The number of aliphatic hydroxyl groups is 1. The van der Waals surface area contributed by atoms with E-state index in [4.69, 9.17) is 0 Å². The highest BCUT2D eigenvalue weighted by atomic mass is 16.3. The molecule has 2 bridgehead atoms. The summed E-state index contributed by atoms with van der Waals surface area (Å²) in [5.41, 5.74) is 0. The van der Waals surface area contributed by atoms with Gasteiger partial charge in [0.15, 0.2) is 0 Å². The molecule has 3 heterocycles. The van der Waals surface area contributed by atoms with Gasteiger partial charge in [0.05, 0.1) is 0 Å². The van der Waals surface area contributed by atoms with Gasteiger partial charge < -0.3 is 10.0 Å². The quantitative estimate of drug-likeness (QED) is 0.498.